The predicted octanol–water partition coefficient (Wildman–Crippen LogP) is 9.77. The topological polar surface area (TPSA) is 4.93 Å². The lowest BCUT2D eigenvalue weighted by Crippen LogP contribution is -1.93. The molecule has 0 atom stereocenters. The second-order valence-corrected chi connectivity index (χ2v) is 9.82. The van der Waals surface area contributed by atoms with Gasteiger partial charge in [-0.05, 0) is 80.0 Å². The summed E-state index contributed by atoms with van der Waals surface area (Å²) in [5.41, 5.74) is 12.6. The van der Waals surface area contributed by atoms with Crippen molar-refractivity contribution < 1.29 is 0 Å². The van der Waals surface area contributed by atoms with Crippen LogP contribution >= 0.6 is 0 Å². The number of hydrogen-bond donors (Lipinski definition) is 0. The molecule has 1 aliphatic rings. The van der Waals surface area contributed by atoms with E-state index in [9.17, 15) is 0 Å². The van der Waals surface area contributed by atoms with Crippen LogP contribution in [0.5, 0.6) is 0 Å². The second kappa shape index (κ2) is 7.81. The molecule has 0 fully saturated rings. The summed E-state index contributed by atoms with van der Waals surface area (Å²) in [6, 6.07) is 48.5. The molecule has 1 nitrogen and oxygen atoms in total. The minimum Gasteiger partial charge on any atom is -0.316 e. The maximum atomic E-state index is 2.38. The average molecular weight is 470 g/mol. The Morgan fingerprint density at radius 1 is 0.378 bits per heavy atom. The van der Waals surface area contributed by atoms with Crippen molar-refractivity contribution in [2.75, 3.05) is 0 Å². The molecular weight excluding hydrogens is 446 g/mol. The SMILES string of the molecule is c1ccc(-c2cccc(-n3cc4c5c(cccc53)-c3ccccc3-c3cc5ccccc5cc3-4)c2)cc1. The molecule has 1 aliphatic carbocycles. The summed E-state index contributed by atoms with van der Waals surface area (Å²) in [5, 5.41) is 3.85. The van der Waals surface area contributed by atoms with Gasteiger partial charge in [0.15, 0.2) is 0 Å². The van der Waals surface area contributed by atoms with Crippen molar-refractivity contribution in [2.24, 2.45) is 0 Å². The molecule has 0 bridgehead atoms. The Bertz CT molecular complexity index is 1970. The zero-order valence-electron chi connectivity index (χ0n) is 20.2. The maximum Gasteiger partial charge on any atom is 0.0541 e. The van der Waals surface area contributed by atoms with Crippen LogP contribution in [-0.4, -0.2) is 4.57 Å². The summed E-state index contributed by atoms with van der Waals surface area (Å²) in [5.74, 6) is 0. The Morgan fingerprint density at radius 2 is 0.973 bits per heavy atom. The molecule has 0 spiro atoms. The highest BCUT2D eigenvalue weighted by molar-refractivity contribution is 6.15. The Morgan fingerprint density at radius 3 is 1.76 bits per heavy atom. The third kappa shape index (κ3) is 3.04. The maximum absolute atomic E-state index is 2.38. The normalized spacial score (nSPS) is 11.8. The van der Waals surface area contributed by atoms with E-state index in [0.717, 1.165) is 0 Å². The van der Waals surface area contributed by atoms with Gasteiger partial charge in [-0.1, -0.05) is 103 Å². The molecule has 0 aliphatic heterocycles. The standard InChI is InChI=1S/C36H23N/c1-2-10-24(11-3-1)25-14-8-15-28(20-25)37-23-34-33-22-27-13-5-4-12-26(27)21-32(33)30-17-7-6-16-29(30)31-18-9-19-35(37)36(31)34/h1-23H. The number of hydrogen-bond acceptors (Lipinski definition) is 0. The van der Waals surface area contributed by atoms with E-state index in [2.05, 4.69) is 144 Å². The first kappa shape index (κ1) is 20.3. The van der Waals surface area contributed by atoms with Crippen LogP contribution in [0.15, 0.2) is 140 Å². The first-order valence-corrected chi connectivity index (χ1v) is 12.8. The van der Waals surface area contributed by atoms with Gasteiger partial charge >= 0.3 is 0 Å². The van der Waals surface area contributed by atoms with Gasteiger partial charge in [0, 0.05) is 22.8 Å². The van der Waals surface area contributed by atoms with Crippen LogP contribution in [0.3, 0.4) is 0 Å². The van der Waals surface area contributed by atoms with Crippen LogP contribution in [0.1, 0.15) is 0 Å². The van der Waals surface area contributed by atoms with Crippen molar-refractivity contribution in [3.05, 3.63) is 140 Å². The number of rotatable bonds is 2. The van der Waals surface area contributed by atoms with Crippen molar-refractivity contribution in [3.63, 3.8) is 0 Å². The van der Waals surface area contributed by atoms with Crippen LogP contribution in [0, 0.1) is 0 Å². The van der Waals surface area contributed by atoms with E-state index < -0.39 is 0 Å². The summed E-state index contributed by atoms with van der Waals surface area (Å²) in [4.78, 5) is 0. The van der Waals surface area contributed by atoms with Crippen LogP contribution < -0.4 is 0 Å². The molecule has 0 unspecified atom stereocenters. The molecular formula is C36H23N. The van der Waals surface area contributed by atoms with Crippen LogP contribution in [0.2, 0.25) is 0 Å². The van der Waals surface area contributed by atoms with Gasteiger partial charge in [0.25, 0.3) is 0 Å². The minimum absolute atomic E-state index is 1.17. The molecule has 0 radical (unpaired) electrons. The fourth-order valence-corrected chi connectivity index (χ4v) is 6.03. The van der Waals surface area contributed by atoms with Crippen LogP contribution in [-0.2, 0) is 0 Å². The molecule has 0 saturated carbocycles. The van der Waals surface area contributed by atoms with Crippen molar-refractivity contribution in [3.8, 4) is 50.2 Å². The molecule has 6 aromatic carbocycles. The predicted molar refractivity (Wildman–Crippen MR) is 156 cm³/mol. The molecule has 0 saturated heterocycles. The monoisotopic (exact) mass is 469 g/mol. The van der Waals surface area contributed by atoms with Gasteiger partial charge in [-0.2, -0.15) is 0 Å². The first-order valence-electron chi connectivity index (χ1n) is 12.8. The second-order valence-electron chi connectivity index (χ2n) is 9.82. The minimum atomic E-state index is 1.17. The molecule has 1 heterocycles. The molecule has 1 heteroatoms. The Hall–Kier alpha value is -4.88. The van der Waals surface area contributed by atoms with Gasteiger partial charge in [-0.25, -0.2) is 0 Å². The van der Waals surface area contributed by atoms with Gasteiger partial charge in [0.1, 0.15) is 0 Å². The molecule has 0 N–H and O–H groups in total. The first-order chi connectivity index (χ1) is 18.3. The molecule has 172 valence electrons. The van der Waals surface area contributed by atoms with Crippen molar-refractivity contribution in [1.29, 1.82) is 0 Å². The fourth-order valence-electron chi connectivity index (χ4n) is 6.03. The summed E-state index contributed by atoms with van der Waals surface area (Å²) < 4.78 is 2.37. The van der Waals surface area contributed by atoms with Crippen LogP contribution in [0.25, 0.3) is 71.9 Å². The molecule has 7 aromatic rings. The summed E-state index contributed by atoms with van der Waals surface area (Å²) >= 11 is 0. The van der Waals surface area contributed by atoms with E-state index in [4.69, 9.17) is 0 Å². The summed E-state index contributed by atoms with van der Waals surface area (Å²) in [7, 11) is 0. The molecule has 1 aromatic heterocycles. The highest BCUT2D eigenvalue weighted by atomic mass is 15.0. The number of benzene rings is 6. The highest BCUT2D eigenvalue weighted by Crippen LogP contribution is 2.49. The Labute approximate surface area is 215 Å². The van der Waals surface area contributed by atoms with E-state index in [-0.39, 0.29) is 0 Å². The van der Waals surface area contributed by atoms with Gasteiger partial charge in [-0.15, -0.1) is 0 Å². The summed E-state index contributed by atoms with van der Waals surface area (Å²) in [6.07, 6.45) is 2.34. The number of fused-ring (bicyclic) bond motifs is 6. The van der Waals surface area contributed by atoms with Gasteiger partial charge < -0.3 is 4.57 Å². The molecule has 8 rings (SSSR count). The van der Waals surface area contributed by atoms with E-state index in [1.165, 1.54) is 71.9 Å². The van der Waals surface area contributed by atoms with Gasteiger partial charge in [-0.3, -0.25) is 0 Å². The average Bonchev–Trinajstić information content (AvgIpc) is 3.32. The van der Waals surface area contributed by atoms with E-state index in [1.54, 1.807) is 0 Å². The summed E-state index contributed by atoms with van der Waals surface area (Å²) in [6.45, 7) is 0. The highest BCUT2D eigenvalue weighted by Gasteiger charge is 2.24. The Balaban J connectivity index is 1.46. The van der Waals surface area contributed by atoms with Gasteiger partial charge in [0.05, 0.1) is 5.52 Å². The smallest absolute Gasteiger partial charge is 0.0541 e. The van der Waals surface area contributed by atoms with E-state index >= 15 is 0 Å². The van der Waals surface area contributed by atoms with Crippen molar-refractivity contribution >= 4 is 21.7 Å². The third-order valence-corrected chi connectivity index (χ3v) is 7.74. The lowest BCUT2D eigenvalue weighted by atomic mass is 9.91. The Kier molecular flexibility index (Phi) is 4.29. The zero-order chi connectivity index (χ0) is 24.3. The van der Waals surface area contributed by atoms with Crippen molar-refractivity contribution in [1.82, 2.24) is 4.57 Å². The zero-order valence-corrected chi connectivity index (χ0v) is 20.2. The van der Waals surface area contributed by atoms with E-state index in [0.29, 0.717) is 0 Å². The largest absolute Gasteiger partial charge is 0.316 e. The lowest BCUT2D eigenvalue weighted by Gasteiger charge is -2.13. The third-order valence-electron chi connectivity index (χ3n) is 7.74. The van der Waals surface area contributed by atoms with E-state index in [1.807, 2.05) is 0 Å². The number of nitrogens with zero attached hydrogens (tertiary/aromatic N) is 1. The van der Waals surface area contributed by atoms with Crippen molar-refractivity contribution in [2.45, 2.75) is 0 Å². The molecule has 0 amide bonds. The quantitative estimate of drug-likeness (QED) is 0.237. The lowest BCUT2D eigenvalue weighted by molar-refractivity contribution is 1.13. The number of aromatic nitrogens is 1. The van der Waals surface area contributed by atoms with Crippen LogP contribution in [0.4, 0.5) is 0 Å². The molecule has 37 heavy (non-hydrogen) atoms. The fraction of sp³-hybridized carbons (Fsp3) is 0. The van der Waals surface area contributed by atoms with Gasteiger partial charge in [0.2, 0.25) is 0 Å².